The fourth-order valence-electron chi connectivity index (χ4n) is 2.13. The average molecular weight is 331 g/mol. The number of benzene rings is 1. The van der Waals surface area contributed by atoms with Crippen molar-refractivity contribution < 1.29 is 19.2 Å². The highest BCUT2D eigenvalue weighted by atomic mass is 16.6. The van der Waals surface area contributed by atoms with Gasteiger partial charge in [0.05, 0.1) is 29.5 Å². The highest BCUT2D eigenvalue weighted by molar-refractivity contribution is 5.97. The standard InChI is InChI=1S/C16H17N3O5/c1-9(2)24-15(20)13-10(3)17-16(23-4)18-14(13)11-6-5-7-12(8-11)19(21)22/h5-9H,1-4H3. The Bertz CT molecular complexity index is 789. The Balaban J connectivity index is 2.66. The van der Waals surface area contributed by atoms with Crippen LogP contribution in [0.15, 0.2) is 24.3 Å². The van der Waals surface area contributed by atoms with Gasteiger partial charge in [-0.25, -0.2) is 4.79 Å². The summed E-state index contributed by atoms with van der Waals surface area (Å²) in [5.74, 6) is -0.591. The predicted octanol–water partition coefficient (Wildman–Crippen LogP) is 2.93. The summed E-state index contributed by atoms with van der Waals surface area (Å²) in [4.78, 5) is 31.2. The lowest BCUT2D eigenvalue weighted by Crippen LogP contribution is -2.16. The van der Waals surface area contributed by atoms with Crippen LogP contribution in [-0.4, -0.2) is 34.1 Å². The topological polar surface area (TPSA) is 104 Å². The third-order valence-electron chi connectivity index (χ3n) is 3.13. The quantitative estimate of drug-likeness (QED) is 0.471. The SMILES string of the molecule is COc1nc(C)c(C(=O)OC(C)C)c(-c2cccc([N+](=O)[O-])c2)n1. The number of carbonyl (C=O) groups is 1. The number of ether oxygens (including phenoxy) is 2. The molecule has 0 amide bonds. The monoisotopic (exact) mass is 331 g/mol. The van der Waals surface area contributed by atoms with Crippen molar-refractivity contribution in [3.8, 4) is 17.3 Å². The van der Waals surface area contributed by atoms with Gasteiger partial charge in [-0.3, -0.25) is 10.1 Å². The average Bonchev–Trinajstić information content (AvgIpc) is 2.53. The molecule has 0 saturated heterocycles. The van der Waals surface area contributed by atoms with E-state index in [-0.39, 0.29) is 29.1 Å². The van der Waals surface area contributed by atoms with Crippen LogP contribution in [0.5, 0.6) is 6.01 Å². The van der Waals surface area contributed by atoms with Crippen LogP contribution in [-0.2, 0) is 4.74 Å². The van der Waals surface area contributed by atoms with E-state index in [9.17, 15) is 14.9 Å². The lowest BCUT2D eigenvalue weighted by Gasteiger charge is -2.14. The maximum absolute atomic E-state index is 12.4. The van der Waals surface area contributed by atoms with Gasteiger partial charge in [0.15, 0.2) is 0 Å². The maximum Gasteiger partial charge on any atom is 0.342 e. The van der Waals surface area contributed by atoms with Crippen LogP contribution in [0.2, 0.25) is 0 Å². The Morgan fingerprint density at radius 1 is 1.29 bits per heavy atom. The molecule has 0 aliphatic carbocycles. The molecule has 24 heavy (non-hydrogen) atoms. The number of rotatable bonds is 5. The third kappa shape index (κ3) is 3.65. The molecule has 126 valence electrons. The van der Waals surface area contributed by atoms with E-state index in [1.54, 1.807) is 26.8 Å². The van der Waals surface area contributed by atoms with E-state index in [1.807, 2.05) is 0 Å². The summed E-state index contributed by atoms with van der Waals surface area (Å²) in [6.45, 7) is 5.08. The van der Waals surface area contributed by atoms with Gasteiger partial charge in [0.2, 0.25) is 0 Å². The van der Waals surface area contributed by atoms with Gasteiger partial charge in [0.25, 0.3) is 5.69 Å². The van der Waals surface area contributed by atoms with Crippen LogP contribution in [0, 0.1) is 17.0 Å². The van der Waals surface area contributed by atoms with E-state index in [4.69, 9.17) is 9.47 Å². The largest absolute Gasteiger partial charge is 0.467 e. The second-order valence-corrected chi connectivity index (χ2v) is 5.28. The highest BCUT2D eigenvalue weighted by Gasteiger charge is 2.23. The minimum atomic E-state index is -0.591. The first kappa shape index (κ1) is 17.3. The zero-order chi connectivity index (χ0) is 17.9. The number of carbonyl (C=O) groups excluding carboxylic acids is 1. The summed E-state index contributed by atoms with van der Waals surface area (Å²) >= 11 is 0. The molecule has 0 saturated carbocycles. The molecule has 0 unspecified atom stereocenters. The Morgan fingerprint density at radius 2 is 2.00 bits per heavy atom. The number of nitro groups is 1. The van der Waals surface area contributed by atoms with Crippen LogP contribution < -0.4 is 4.74 Å². The molecule has 0 aliphatic rings. The predicted molar refractivity (Wildman–Crippen MR) is 86.0 cm³/mol. The molecule has 1 aromatic carbocycles. The van der Waals surface area contributed by atoms with E-state index in [0.717, 1.165) is 0 Å². The van der Waals surface area contributed by atoms with Crippen molar-refractivity contribution in [1.82, 2.24) is 9.97 Å². The molecule has 0 N–H and O–H groups in total. The number of aromatic nitrogens is 2. The number of methoxy groups -OCH3 is 1. The maximum atomic E-state index is 12.4. The number of aryl methyl sites for hydroxylation is 1. The summed E-state index contributed by atoms with van der Waals surface area (Å²) in [7, 11) is 1.40. The molecular formula is C16H17N3O5. The van der Waals surface area contributed by atoms with Gasteiger partial charge < -0.3 is 9.47 Å². The number of hydrogen-bond donors (Lipinski definition) is 0. The van der Waals surface area contributed by atoms with Crippen LogP contribution in [0.1, 0.15) is 29.9 Å². The first-order chi connectivity index (χ1) is 11.3. The number of esters is 1. The molecule has 0 spiro atoms. The number of non-ortho nitro benzene ring substituents is 1. The molecule has 2 aromatic rings. The van der Waals surface area contributed by atoms with Crippen molar-refractivity contribution in [2.45, 2.75) is 26.9 Å². The lowest BCUT2D eigenvalue weighted by atomic mass is 10.0. The lowest BCUT2D eigenvalue weighted by molar-refractivity contribution is -0.384. The third-order valence-corrected chi connectivity index (χ3v) is 3.13. The molecular weight excluding hydrogens is 314 g/mol. The highest BCUT2D eigenvalue weighted by Crippen LogP contribution is 2.29. The Labute approximate surface area is 138 Å². The van der Waals surface area contributed by atoms with Gasteiger partial charge in [-0.1, -0.05) is 12.1 Å². The van der Waals surface area contributed by atoms with Crippen molar-refractivity contribution >= 4 is 11.7 Å². The zero-order valence-electron chi connectivity index (χ0n) is 13.8. The summed E-state index contributed by atoms with van der Waals surface area (Å²) in [5, 5.41) is 11.0. The van der Waals surface area contributed by atoms with E-state index >= 15 is 0 Å². The summed E-state index contributed by atoms with van der Waals surface area (Å²) in [5.41, 5.74) is 1.06. The summed E-state index contributed by atoms with van der Waals surface area (Å²) in [6.07, 6.45) is -0.322. The molecule has 0 radical (unpaired) electrons. The minimum Gasteiger partial charge on any atom is -0.467 e. The van der Waals surface area contributed by atoms with Crippen molar-refractivity contribution in [2.24, 2.45) is 0 Å². The molecule has 0 fully saturated rings. The van der Waals surface area contributed by atoms with Crippen molar-refractivity contribution in [2.75, 3.05) is 7.11 Å². The second kappa shape index (κ2) is 7.03. The minimum absolute atomic E-state index is 0.0649. The van der Waals surface area contributed by atoms with Gasteiger partial charge in [-0.15, -0.1) is 0 Å². The van der Waals surface area contributed by atoms with Crippen LogP contribution >= 0.6 is 0 Å². The molecule has 0 aliphatic heterocycles. The summed E-state index contributed by atoms with van der Waals surface area (Å²) < 4.78 is 10.3. The summed E-state index contributed by atoms with van der Waals surface area (Å²) in [6, 6.07) is 5.92. The molecule has 8 nitrogen and oxygen atoms in total. The molecule has 0 atom stereocenters. The second-order valence-electron chi connectivity index (χ2n) is 5.28. The first-order valence-electron chi connectivity index (χ1n) is 7.22. The Morgan fingerprint density at radius 3 is 2.58 bits per heavy atom. The van der Waals surface area contributed by atoms with Crippen LogP contribution in [0.25, 0.3) is 11.3 Å². The smallest absolute Gasteiger partial charge is 0.342 e. The number of hydrogen-bond acceptors (Lipinski definition) is 7. The van der Waals surface area contributed by atoms with Crippen molar-refractivity contribution in [3.63, 3.8) is 0 Å². The normalized spacial score (nSPS) is 10.5. The van der Waals surface area contributed by atoms with E-state index in [1.165, 1.54) is 25.3 Å². The molecule has 0 bridgehead atoms. The number of nitrogens with zero attached hydrogens (tertiary/aromatic N) is 3. The van der Waals surface area contributed by atoms with Gasteiger partial charge in [-0.05, 0) is 20.8 Å². The fraction of sp³-hybridized carbons (Fsp3) is 0.312. The molecule has 8 heteroatoms. The van der Waals surface area contributed by atoms with Crippen LogP contribution in [0.3, 0.4) is 0 Å². The zero-order valence-corrected chi connectivity index (χ0v) is 13.8. The van der Waals surface area contributed by atoms with Crippen molar-refractivity contribution in [1.29, 1.82) is 0 Å². The van der Waals surface area contributed by atoms with Gasteiger partial charge in [-0.2, -0.15) is 9.97 Å². The van der Waals surface area contributed by atoms with Crippen LogP contribution in [0.4, 0.5) is 5.69 Å². The van der Waals surface area contributed by atoms with Gasteiger partial charge >= 0.3 is 12.0 Å². The van der Waals surface area contributed by atoms with E-state index in [0.29, 0.717) is 11.3 Å². The molecule has 1 aromatic heterocycles. The van der Waals surface area contributed by atoms with Crippen molar-refractivity contribution in [3.05, 3.63) is 45.6 Å². The fourth-order valence-corrected chi connectivity index (χ4v) is 2.13. The number of nitro benzene ring substituents is 1. The first-order valence-corrected chi connectivity index (χ1v) is 7.22. The van der Waals surface area contributed by atoms with E-state index in [2.05, 4.69) is 9.97 Å². The Hall–Kier alpha value is -3.03. The van der Waals surface area contributed by atoms with Gasteiger partial charge in [0, 0.05) is 17.7 Å². The molecule has 1 heterocycles. The van der Waals surface area contributed by atoms with E-state index < -0.39 is 10.9 Å². The Kier molecular flexibility index (Phi) is 5.08. The molecule has 2 rings (SSSR count). The van der Waals surface area contributed by atoms with Gasteiger partial charge in [0.1, 0.15) is 5.56 Å².